The SMILES string of the molecule is C=C[C@@H](OC(=O)c1ccccc1)[C@H]1OC(=O)N[C@H]1CC#N. The van der Waals surface area contributed by atoms with E-state index in [1.807, 2.05) is 6.07 Å². The van der Waals surface area contributed by atoms with E-state index in [0.717, 1.165) is 0 Å². The van der Waals surface area contributed by atoms with Crippen LogP contribution in [0.15, 0.2) is 43.0 Å². The van der Waals surface area contributed by atoms with Gasteiger partial charge in [0.1, 0.15) is 0 Å². The summed E-state index contributed by atoms with van der Waals surface area (Å²) in [6.07, 6.45) is -0.778. The molecule has 1 aromatic rings. The van der Waals surface area contributed by atoms with Crippen molar-refractivity contribution in [2.75, 3.05) is 0 Å². The van der Waals surface area contributed by atoms with Crippen LogP contribution >= 0.6 is 0 Å². The van der Waals surface area contributed by atoms with Crippen molar-refractivity contribution >= 4 is 12.1 Å². The lowest BCUT2D eigenvalue weighted by atomic mass is 10.0. The van der Waals surface area contributed by atoms with Gasteiger partial charge in [0.15, 0.2) is 12.2 Å². The van der Waals surface area contributed by atoms with E-state index >= 15 is 0 Å². The third-order valence-electron chi connectivity index (χ3n) is 3.06. The number of nitrogens with one attached hydrogen (secondary N) is 1. The number of alkyl carbamates (subject to hydrolysis) is 1. The molecule has 0 bridgehead atoms. The van der Waals surface area contributed by atoms with Gasteiger partial charge in [-0.05, 0) is 18.2 Å². The molecular weight excluding hydrogens is 272 g/mol. The van der Waals surface area contributed by atoms with Gasteiger partial charge in [-0.2, -0.15) is 5.26 Å². The Labute approximate surface area is 122 Å². The summed E-state index contributed by atoms with van der Waals surface area (Å²) in [6, 6.07) is 9.88. The van der Waals surface area contributed by atoms with Crippen LogP contribution in [0.25, 0.3) is 0 Å². The van der Waals surface area contributed by atoms with E-state index in [9.17, 15) is 9.59 Å². The summed E-state index contributed by atoms with van der Waals surface area (Å²) in [4.78, 5) is 23.3. The standard InChI is InChI=1S/C15H14N2O4/c1-2-12(13-11(8-9-16)17-15(19)21-13)20-14(18)10-6-4-3-5-7-10/h2-7,11-13H,1,8H2,(H,17,19)/t11-,12+,13-/m0/s1. The van der Waals surface area contributed by atoms with Crippen LogP contribution in [0.3, 0.4) is 0 Å². The van der Waals surface area contributed by atoms with E-state index in [1.165, 1.54) is 6.08 Å². The zero-order valence-corrected chi connectivity index (χ0v) is 11.2. The van der Waals surface area contributed by atoms with Crippen molar-refractivity contribution < 1.29 is 19.1 Å². The van der Waals surface area contributed by atoms with Gasteiger partial charge in [0.2, 0.25) is 0 Å². The van der Waals surface area contributed by atoms with Crippen LogP contribution < -0.4 is 5.32 Å². The summed E-state index contributed by atoms with van der Waals surface area (Å²) < 4.78 is 10.4. The Kier molecular flexibility index (Phi) is 4.57. The number of benzene rings is 1. The normalized spacial score (nSPS) is 21.6. The van der Waals surface area contributed by atoms with Gasteiger partial charge in [-0.1, -0.05) is 24.8 Å². The van der Waals surface area contributed by atoms with E-state index < -0.39 is 30.3 Å². The molecular formula is C15H14N2O4. The second-order valence-electron chi connectivity index (χ2n) is 4.45. The van der Waals surface area contributed by atoms with Gasteiger partial charge in [-0.3, -0.25) is 0 Å². The second kappa shape index (κ2) is 6.57. The highest BCUT2D eigenvalue weighted by molar-refractivity contribution is 5.89. The molecule has 1 fully saturated rings. The third-order valence-corrected chi connectivity index (χ3v) is 3.06. The zero-order valence-electron chi connectivity index (χ0n) is 11.2. The number of amides is 1. The second-order valence-corrected chi connectivity index (χ2v) is 4.45. The highest BCUT2D eigenvalue weighted by atomic mass is 16.6. The smallest absolute Gasteiger partial charge is 0.408 e. The summed E-state index contributed by atoms with van der Waals surface area (Å²) in [6.45, 7) is 3.59. The number of ether oxygens (including phenoxy) is 2. The highest BCUT2D eigenvalue weighted by Gasteiger charge is 2.40. The first kappa shape index (κ1) is 14.6. The molecule has 21 heavy (non-hydrogen) atoms. The fraction of sp³-hybridized carbons (Fsp3) is 0.267. The fourth-order valence-electron chi connectivity index (χ4n) is 2.05. The number of carbonyl (C=O) groups is 2. The van der Waals surface area contributed by atoms with Gasteiger partial charge in [-0.25, -0.2) is 9.59 Å². The van der Waals surface area contributed by atoms with Gasteiger partial charge >= 0.3 is 12.1 Å². The van der Waals surface area contributed by atoms with Gasteiger partial charge in [0, 0.05) is 0 Å². The van der Waals surface area contributed by atoms with Crippen LogP contribution in [-0.4, -0.2) is 30.3 Å². The van der Waals surface area contributed by atoms with Crippen molar-refractivity contribution in [1.29, 1.82) is 5.26 Å². The van der Waals surface area contributed by atoms with E-state index in [-0.39, 0.29) is 6.42 Å². The lowest BCUT2D eigenvalue weighted by molar-refractivity contribution is 0.000961. The minimum Gasteiger partial charge on any atom is -0.450 e. The van der Waals surface area contributed by atoms with Gasteiger partial charge in [0.25, 0.3) is 0 Å². The average molecular weight is 286 g/mol. The maximum Gasteiger partial charge on any atom is 0.408 e. The van der Waals surface area contributed by atoms with Crippen LogP contribution in [0, 0.1) is 11.3 Å². The summed E-state index contributed by atoms with van der Waals surface area (Å²) in [5.41, 5.74) is 0.387. The molecule has 6 heteroatoms. The molecule has 3 atom stereocenters. The first-order chi connectivity index (χ1) is 10.2. The number of nitrogens with zero attached hydrogens (tertiary/aromatic N) is 1. The number of rotatable bonds is 5. The summed E-state index contributed by atoms with van der Waals surface area (Å²) >= 11 is 0. The third kappa shape index (κ3) is 3.39. The predicted octanol–water partition coefficient (Wildman–Crippen LogP) is 1.79. The van der Waals surface area contributed by atoms with Crippen molar-refractivity contribution in [2.45, 2.75) is 24.7 Å². The van der Waals surface area contributed by atoms with Gasteiger partial charge < -0.3 is 14.8 Å². The number of nitriles is 1. The molecule has 1 aromatic carbocycles. The molecule has 1 saturated heterocycles. The highest BCUT2D eigenvalue weighted by Crippen LogP contribution is 2.19. The van der Waals surface area contributed by atoms with Crippen molar-refractivity contribution in [3.05, 3.63) is 48.6 Å². The van der Waals surface area contributed by atoms with Crippen LogP contribution in [0.1, 0.15) is 16.8 Å². The van der Waals surface area contributed by atoms with Crippen molar-refractivity contribution in [3.63, 3.8) is 0 Å². The topological polar surface area (TPSA) is 88.4 Å². The number of carbonyl (C=O) groups excluding carboxylic acids is 2. The Hall–Kier alpha value is -2.81. The van der Waals surface area contributed by atoms with E-state index in [4.69, 9.17) is 14.7 Å². The number of esters is 1. The van der Waals surface area contributed by atoms with Gasteiger partial charge in [-0.15, -0.1) is 0 Å². The first-order valence-corrected chi connectivity index (χ1v) is 6.38. The molecule has 0 aromatic heterocycles. The Morgan fingerprint density at radius 1 is 1.52 bits per heavy atom. The van der Waals surface area contributed by atoms with Gasteiger partial charge in [0.05, 0.1) is 24.1 Å². The van der Waals surface area contributed by atoms with Crippen molar-refractivity contribution in [1.82, 2.24) is 5.32 Å². The average Bonchev–Trinajstić information content (AvgIpc) is 2.86. The van der Waals surface area contributed by atoms with Crippen molar-refractivity contribution in [2.24, 2.45) is 0 Å². The summed E-state index contributed by atoms with van der Waals surface area (Å²) in [5, 5.41) is 11.3. The maximum absolute atomic E-state index is 12.0. The lowest BCUT2D eigenvalue weighted by Crippen LogP contribution is -2.40. The monoisotopic (exact) mass is 286 g/mol. The van der Waals surface area contributed by atoms with E-state index in [2.05, 4.69) is 11.9 Å². The Morgan fingerprint density at radius 2 is 2.24 bits per heavy atom. The number of cyclic esters (lactones) is 1. The van der Waals surface area contributed by atoms with Crippen LogP contribution in [-0.2, 0) is 9.47 Å². The molecule has 0 unspecified atom stereocenters. The predicted molar refractivity (Wildman–Crippen MR) is 73.3 cm³/mol. The largest absolute Gasteiger partial charge is 0.450 e. The molecule has 2 rings (SSSR count). The molecule has 0 spiro atoms. The molecule has 0 aliphatic carbocycles. The molecule has 1 aliphatic heterocycles. The van der Waals surface area contributed by atoms with Crippen LogP contribution in [0.2, 0.25) is 0 Å². The summed E-state index contributed by atoms with van der Waals surface area (Å²) in [5.74, 6) is -0.542. The Bertz CT molecular complexity index is 579. The van der Waals surface area contributed by atoms with Crippen molar-refractivity contribution in [3.8, 4) is 6.07 Å². The number of hydrogen-bond acceptors (Lipinski definition) is 5. The lowest BCUT2D eigenvalue weighted by Gasteiger charge is -2.22. The zero-order chi connectivity index (χ0) is 15.2. The minimum atomic E-state index is -0.824. The molecule has 1 aliphatic rings. The molecule has 108 valence electrons. The molecule has 1 N–H and O–H groups in total. The minimum absolute atomic E-state index is 0.0592. The molecule has 1 amide bonds. The molecule has 6 nitrogen and oxygen atoms in total. The molecule has 0 radical (unpaired) electrons. The Morgan fingerprint density at radius 3 is 2.86 bits per heavy atom. The molecule has 1 heterocycles. The van der Waals surface area contributed by atoms with E-state index in [1.54, 1.807) is 30.3 Å². The molecule has 0 saturated carbocycles. The first-order valence-electron chi connectivity index (χ1n) is 6.38. The van der Waals surface area contributed by atoms with E-state index in [0.29, 0.717) is 5.56 Å². The van der Waals surface area contributed by atoms with Crippen LogP contribution in [0.4, 0.5) is 4.79 Å². The number of hydrogen-bond donors (Lipinski definition) is 1. The Balaban J connectivity index is 2.09. The summed E-state index contributed by atoms with van der Waals surface area (Å²) in [7, 11) is 0. The fourth-order valence-corrected chi connectivity index (χ4v) is 2.05. The quantitative estimate of drug-likeness (QED) is 0.658. The maximum atomic E-state index is 12.0. The van der Waals surface area contributed by atoms with Crippen LogP contribution in [0.5, 0.6) is 0 Å².